The van der Waals surface area contributed by atoms with Crippen LogP contribution in [0, 0.1) is 6.92 Å². The molecule has 2 aliphatic heterocycles. The van der Waals surface area contributed by atoms with Crippen LogP contribution in [0.15, 0.2) is 0 Å². The van der Waals surface area contributed by atoms with Gasteiger partial charge in [-0.05, 0) is 26.7 Å². The Balaban J connectivity index is 1.62. The lowest BCUT2D eigenvalue weighted by molar-refractivity contribution is -0.246. The zero-order chi connectivity index (χ0) is 15.1. The third kappa shape index (κ3) is 2.98. The number of aliphatic hydroxyl groups excluding tert-OH is 1. The summed E-state index contributed by atoms with van der Waals surface area (Å²) in [5.74, 6) is 0. The quantitative estimate of drug-likeness (QED) is 0.837. The van der Waals surface area contributed by atoms with Gasteiger partial charge in [0.05, 0.1) is 24.4 Å². The van der Waals surface area contributed by atoms with E-state index in [1.807, 2.05) is 6.92 Å². The minimum absolute atomic E-state index is 0.490. The van der Waals surface area contributed by atoms with Crippen LogP contribution in [0.3, 0.4) is 0 Å². The van der Waals surface area contributed by atoms with E-state index >= 15 is 0 Å². The summed E-state index contributed by atoms with van der Waals surface area (Å²) in [6.45, 7) is 6.66. The maximum atomic E-state index is 10.5. The van der Waals surface area contributed by atoms with Gasteiger partial charge in [0, 0.05) is 19.5 Å². The minimum Gasteiger partial charge on any atom is -0.387 e. The fourth-order valence-electron chi connectivity index (χ4n) is 3.34. The fraction of sp³-hybridized carbons (Fsp3) is 0.857. The zero-order valence-electron chi connectivity index (χ0n) is 12.6. The average Bonchev–Trinajstić information content (AvgIpc) is 2.84. The van der Waals surface area contributed by atoms with E-state index in [0.29, 0.717) is 13.0 Å². The van der Waals surface area contributed by atoms with Gasteiger partial charge in [0.2, 0.25) is 0 Å². The molecule has 0 aliphatic carbocycles. The first-order valence-corrected chi connectivity index (χ1v) is 8.29. The number of aryl methyl sites for hydroxylation is 1. The summed E-state index contributed by atoms with van der Waals surface area (Å²) in [5.41, 5.74) is -1.63. The summed E-state index contributed by atoms with van der Waals surface area (Å²) < 4.78 is 5.89. The van der Waals surface area contributed by atoms with E-state index in [1.54, 1.807) is 18.3 Å². The van der Waals surface area contributed by atoms with Crippen LogP contribution >= 0.6 is 11.3 Å². The maximum Gasteiger partial charge on any atom is 0.131 e. The molecule has 0 bridgehead atoms. The van der Waals surface area contributed by atoms with Crippen molar-refractivity contribution >= 4 is 11.3 Å². The molecule has 2 saturated heterocycles. The summed E-state index contributed by atoms with van der Waals surface area (Å²) in [5, 5.41) is 31.0. The van der Waals surface area contributed by atoms with Gasteiger partial charge < -0.3 is 14.9 Å². The Bertz CT molecular complexity index is 497. The number of piperidine rings is 1. The Morgan fingerprint density at radius 1 is 1.33 bits per heavy atom. The number of aliphatic hydroxyl groups is 2. The molecule has 0 radical (unpaired) electrons. The van der Waals surface area contributed by atoms with Gasteiger partial charge in [0.15, 0.2) is 0 Å². The Morgan fingerprint density at radius 3 is 2.67 bits per heavy atom. The summed E-state index contributed by atoms with van der Waals surface area (Å²) >= 11 is 1.62. The number of likely N-dealkylation sites (tertiary alicyclic amines) is 1. The van der Waals surface area contributed by atoms with Crippen LogP contribution in [0.2, 0.25) is 0 Å². The molecular weight excluding hydrogens is 290 g/mol. The van der Waals surface area contributed by atoms with Gasteiger partial charge in [0.1, 0.15) is 16.1 Å². The third-order valence-electron chi connectivity index (χ3n) is 4.71. The second-order valence-electron chi connectivity index (χ2n) is 6.41. The molecule has 0 unspecified atom stereocenters. The van der Waals surface area contributed by atoms with Crippen LogP contribution in [-0.2, 0) is 11.3 Å². The monoisotopic (exact) mass is 313 g/mol. The van der Waals surface area contributed by atoms with Crippen molar-refractivity contribution in [1.29, 1.82) is 0 Å². The lowest BCUT2D eigenvalue weighted by Crippen LogP contribution is -2.64. The van der Waals surface area contributed by atoms with Gasteiger partial charge in [-0.1, -0.05) is 0 Å². The highest BCUT2D eigenvalue weighted by atomic mass is 32.1. The van der Waals surface area contributed by atoms with Gasteiger partial charge in [-0.15, -0.1) is 21.5 Å². The van der Waals surface area contributed by atoms with Crippen molar-refractivity contribution in [1.82, 2.24) is 15.1 Å². The van der Waals surface area contributed by atoms with E-state index in [2.05, 4.69) is 15.1 Å². The van der Waals surface area contributed by atoms with Gasteiger partial charge in [-0.2, -0.15) is 0 Å². The number of hydrogen-bond donors (Lipinski definition) is 2. The number of aromatic nitrogens is 2. The summed E-state index contributed by atoms with van der Waals surface area (Å²) in [6, 6.07) is 0. The predicted octanol–water partition coefficient (Wildman–Crippen LogP) is 0.713. The summed E-state index contributed by atoms with van der Waals surface area (Å²) in [7, 11) is 0. The molecular formula is C14H23N3O3S. The second-order valence-corrected chi connectivity index (χ2v) is 7.68. The highest BCUT2D eigenvalue weighted by Crippen LogP contribution is 2.39. The minimum atomic E-state index is -1.04. The molecule has 6 nitrogen and oxygen atoms in total. The van der Waals surface area contributed by atoms with E-state index in [0.717, 1.165) is 42.5 Å². The van der Waals surface area contributed by atoms with Crippen molar-refractivity contribution in [3.63, 3.8) is 0 Å². The normalized spacial score (nSPS) is 33.4. The fourth-order valence-corrected chi connectivity index (χ4v) is 4.09. The Hall–Kier alpha value is -0.600. The van der Waals surface area contributed by atoms with Gasteiger partial charge in [0.25, 0.3) is 0 Å². The first kappa shape index (κ1) is 15.3. The number of ether oxygens (including phenoxy) is 1. The largest absolute Gasteiger partial charge is 0.387 e. The Labute approximate surface area is 128 Å². The van der Waals surface area contributed by atoms with E-state index in [1.165, 1.54) is 0 Å². The number of rotatable bonds is 2. The first-order chi connectivity index (χ1) is 9.91. The Kier molecular flexibility index (Phi) is 4.04. The topological polar surface area (TPSA) is 78.7 Å². The standard InChI is InChI=1S/C14H23N3O3S/c1-10-15-16-11(21-10)9-17-6-3-14(4-7-17)12(18)13(2,19)5-8-20-14/h12,18-19H,3-9H2,1-2H3/t12-,13+/m0/s1. The smallest absolute Gasteiger partial charge is 0.131 e. The molecule has 1 spiro atoms. The summed E-state index contributed by atoms with van der Waals surface area (Å²) in [4.78, 5) is 2.31. The molecule has 1 aromatic heterocycles. The molecule has 0 amide bonds. The van der Waals surface area contributed by atoms with Crippen molar-refractivity contribution in [2.24, 2.45) is 0 Å². The highest BCUT2D eigenvalue weighted by Gasteiger charge is 2.52. The lowest BCUT2D eigenvalue weighted by atomic mass is 9.75. The highest BCUT2D eigenvalue weighted by molar-refractivity contribution is 7.11. The lowest BCUT2D eigenvalue weighted by Gasteiger charge is -2.51. The number of nitrogens with zero attached hydrogens (tertiary/aromatic N) is 3. The van der Waals surface area contributed by atoms with Crippen molar-refractivity contribution < 1.29 is 14.9 Å². The zero-order valence-corrected chi connectivity index (χ0v) is 13.4. The molecule has 2 fully saturated rings. The van der Waals surface area contributed by atoms with E-state index in [9.17, 15) is 10.2 Å². The van der Waals surface area contributed by atoms with Crippen LogP contribution < -0.4 is 0 Å². The molecule has 3 heterocycles. The molecule has 3 rings (SSSR count). The third-order valence-corrected chi connectivity index (χ3v) is 5.54. The molecule has 2 atom stereocenters. The van der Waals surface area contributed by atoms with Crippen molar-refractivity contribution in [2.75, 3.05) is 19.7 Å². The van der Waals surface area contributed by atoms with Gasteiger partial charge in [-0.3, -0.25) is 4.90 Å². The molecule has 7 heteroatoms. The van der Waals surface area contributed by atoms with Crippen LogP contribution in [0.1, 0.15) is 36.2 Å². The van der Waals surface area contributed by atoms with Gasteiger partial charge in [-0.25, -0.2) is 0 Å². The predicted molar refractivity (Wildman–Crippen MR) is 79.1 cm³/mol. The Morgan fingerprint density at radius 2 is 2.05 bits per heavy atom. The molecule has 118 valence electrons. The molecule has 0 saturated carbocycles. The molecule has 21 heavy (non-hydrogen) atoms. The van der Waals surface area contributed by atoms with Crippen molar-refractivity contribution in [3.8, 4) is 0 Å². The average molecular weight is 313 g/mol. The molecule has 1 aromatic rings. The van der Waals surface area contributed by atoms with Crippen molar-refractivity contribution in [2.45, 2.75) is 57.0 Å². The molecule has 0 aromatic carbocycles. The van der Waals surface area contributed by atoms with Crippen LogP contribution in [0.4, 0.5) is 0 Å². The van der Waals surface area contributed by atoms with Crippen LogP contribution in [0.25, 0.3) is 0 Å². The van der Waals surface area contributed by atoms with E-state index in [4.69, 9.17) is 4.74 Å². The van der Waals surface area contributed by atoms with E-state index in [-0.39, 0.29) is 0 Å². The van der Waals surface area contributed by atoms with E-state index < -0.39 is 17.3 Å². The SMILES string of the molecule is Cc1nnc(CN2CCC3(CC2)OCC[C@@](C)(O)[C@@H]3O)s1. The maximum absolute atomic E-state index is 10.5. The second kappa shape index (κ2) is 5.55. The van der Waals surface area contributed by atoms with Crippen molar-refractivity contribution in [3.05, 3.63) is 10.0 Å². The number of hydrogen-bond acceptors (Lipinski definition) is 7. The molecule has 2 aliphatic rings. The van der Waals surface area contributed by atoms with Crippen LogP contribution in [0.5, 0.6) is 0 Å². The van der Waals surface area contributed by atoms with Gasteiger partial charge >= 0.3 is 0 Å². The molecule has 2 N–H and O–H groups in total. The van der Waals surface area contributed by atoms with Crippen LogP contribution in [-0.4, -0.2) is 62.3 Å². The summed E-state index contributed by atoms with van der Waals surface area (Å²) in [6.07, 6.45) is 1.15. The first-order valence-electron chi connectivity index (χ1n) is 7.47.